The Labute approximate surface area is 161 Å². The van der Waals surface area contributed by atoms with Gasteiger partial charge < -0.3 is 14.8 Å². The van der Waals surface area contributed by atoms with E-state index in [-0.39, 0.29) is 22.7 Å². The molecular formula is C20H21NO5S. The number of carbonyl (C=O) groups excluding carboxylic acids is 3. The molecule has 6 nitrogen and oxygen atoms in total. The lowest BCUT2D eigenvalue weighted by Gasteiger charge is -2.29. The van der Waals surface area contributed by atoms with Crippen molar-refractivity contribution in [3.8, 4) is 5.06 Å². The van der Waals surface area contributed by atoms with Gasteiger partial charge in [-0.25, -0.2) is 4.79 Å². The molecule has 142 valence electrons. The highest BCUT2D eigenvalue weighted by atomic mass is 32.1. The van der Waals surface area contributed by atoms with Crippen molar-refractivity contribution in [2.45, 2.75) is 26.7 Å². The number of rotatable bonds is 4. The third-order valence-corrected chi connectivity index (χ3v) is 5.71. The third-order valence-electron chi connectivity index (χ3n) is 4.52. The zero-order chi connectivity index (χ0) is 19.8. The molecule has 1 heterocycles. The lowest BCUT2D eigenvalue weighted by molar-refractivity contribution is 0.0601. The number of amides is 1. The largest absolute Gasteiger partial charge is 0.487 e. The van der Waals surface area contributed by atoms with E-state index >= 15 is 0 Å². The van der Waals surface area contributed by atoms with E-state index in [0.29, 0.717) is 39.6 Å². The number of ether oxygens (including phenoxy) is 2. The molecule has 0 radical (unpaired) electrons. The average molecular weight is 387 g/mol. The van der Waals surface area contributed by atoms with Crippen LogP contribution in [-0.4, -0.2) is 31.9 Å². The van der Waals surface area contributed by atoms with Crippen LogP contribution in [0.5, 0.6) is 5.06 Å². The Bertz CT molecular complexity index is 928. The lowest BCUT2D eigenvalue weighted by atomic mass is 9.74. The molecule has 1 aromatic carbocycles. The molecule has 0 atom stereocenters. The van der Waals surface area contributed by atoms with E-state index in [2.05, 4.69) is 5.32 Å². The number of methoxy groups -OCH3 is 2. The van der Waals surface area contributed by atoms with Crippen LogP contribution in [-0.2, 0) is 11.2 Å². The molecular weight excluding hydrogens is 366 g/mol. The number of esters is 1. The van der Waals surface area contributed by atoms with Crippen molar-refractivity contribution in [3.05, 3.63) is 45.8 Å². The summed E-state index contributed by atoms with van der Waals surface area (Å²) in [5.41, 5.74) is 1.62. The predicted octanol–water partition coefficient (Wildman–Crippen LogP) is 3.95. The number of benzene rings is 1. The monoisotopic (exact) mass is 387 g/mol. The molecule has 1 aliphatic rings. The minimum atomic E-state index is -0.534. The summed E-state index contributed by atoms with van der Waals surface area (Å²) >= 11 is 1.16. The van der Waals surface area contributed by atoms with E-state index in [0.717, 1.165) is 11.3 Å². The van der Waals surface area contributed by atoms with Crippen LogP contribution in [0.15, 0.2) is 24.3 Å². The van der Waals surface area contributed by atoms with Crippen LogP contribution in [0.1, 0.15) is 56.2 Å². The fourth-order valence-electron chi connectivity index (χ4n) is 3.34. The molecule has 0 aliphatic heterocycles. The Hall–Kier alpha value is -2.67. The lowest BCUT2D eigenvalue weighted by Crippen LogP contribution is -2.28. The number of para-hydroxylation sites is 1. The standard InChI is InChI=1S/C20H21NO5S/c1-20(2)9-12-15(14(22)10-20)19(26-4)27-16(12)17(23)21-13-8-6-5-7-11(13)18(24)25-3/h5-8H,9-10H2,1-4H3,(H,21,23). The van der Waals surface area contributed by atoms with Crippen LogP contribution < -0.4 is 10.1 Å². The second kappa shape index (κ2) is 7.15. The maximum Gasteiger partial charge on any atom is 0.339 e. The first-order valence-electron chi connectivity index (χ1n) is 8.49. The third kappa shape index (κ3) is 3.60. The number of ketones is 1. The van der Waals surface area contributed by atoms with Crippen LogP contribution in [0.2, 0.25) is 0 Å². The van der Waals surface area contributed by atoms with Crippen molar-refractivity contribution in [1.82, 2.24) is 0 Å². The number of hydrogen-bond donors (Lipinski definition) is 1. The van der Waals surface area contributed by atoms with Crippen LogP contribution in [0.4, 0.5) is 5.69 Å². The van der Waals surface area contributed by atoms with Gasteiger partial charge in [0, 0.05) is 6.42 Å². The summed E-state index contributed by atoms with van der Waals surface area (Å²) in [7, 11) is 2.78. The van der Waals surface area contributed by atoms with Gasteiger partial charge in [-0.1, -0.05) is 37.3 Å². The van der Waals surface area contributed by atoms with E-state index in [1.54, 1.807) is 24.3 Å². The average Bonchev–Trinajstić information content (AvgIpc) is 2.99. The Balaban J connectivity index is 2.00. The highest BCUT2D eigenvalue weighted by Crippen LogP contribution is 2.45. The Kier molecular flexibility index (Phi) is 5.06. The summed E-state index contributed by atoms with van der Waals surface area (Å²) in [4.78, 5) is 37.9. The van der Waals surface area contributed by atoms with Gasteiger partial charge in [0.2, 0.25) is 0 Å². The molecule has 0 spiro atoms. The predicted molar refractivity (Wildman–Crippen MR) is 103 cm³/mol. The molecule has 1 aromatic heterocycles. The second-order valence-electron chi connectivity index (χ2n) is 7.21. The minimum Gasteiger partial charge on any atom is -0.487 e. The van der Waals surface area contributed by atoms with Gasteiger partial charge in [0.1, 0.15) is 0 Å². The summed E-state index contributed by atoms with van der Waals surface area (Å²) in [5, 5.41) is 3.23. The summed E-state index contributed by atoms with van der Waals surface area (Å²) in [6, 6.07) is 6.63. The highest BCUT2D eigenvalue weighted by molar-refractivity contribution is 7.16. The maximum atomic E-state index is 13.0. The fourth-order valence-corrected chi connectivity index (χ4v) is 4.39. The fraction of sp³-hybridized carbons (Fsp3) is 0.350. The van der Waals surface area contributed by atoms with Crippen molar-refractivity contribution < 1.29 is 23.9 Å². The number of carbonyl (C=O) groups is 3. The molecule has 7 heteroatoms. The van der Waals surface area contributed by atoms with Gasteiger partial charge in [-0.2, -0.15) is 0 Å². The van der Waals surface area contributed by atoms with Crippen molar-refractivity contribution >= 4 is 34.7 Å². The van der Waals surface area contributed by atoms with Gasteiger partial charge in [0.15, 0.2) is 10.8 Å². The summed E-state index contributed by atoms with van der Waals surface area (Å²) in [6.07, 6.45) is 1.02. The SMILES string of the molecule is COC(=O)c1ccccc1NC(=O)c1sc(OC)c2c1CC(C)(C)CC2=O. The van der Waals surface area contributed by atoms with Gasteiger partial charge in [0.05, 0.1) is 35.9 Å². The molecule has 0 unspecified atom stereocenters. The molecule has 0 saturated heterocycles. The zero-order valence-corrected chi connectivity index (χ0v) is 16.5. The van der Waals surface area contributed by atoms with Gasteiger partial charge in [-0.05, 0) is 29.5 Å². The van der Waals surface area contributed by atoms with E-state index in [9.17, 15) is 14.4 Å². The minimum absolute atomic E-state index is 0.0108. The topological polar surface area (TPSA) is 81.7 Å². The number of thiophene rings is 1. The molecule has 2 aromatic rings. The smallest absolute Gasteiger partial charge is 0.339 e. The molecule has 27 heavy (non-hydrogen) atoms. The van der Waals surface area contributed by atoms with Crippen molar-refractivity contribution in [3.63, 3.8) is 0 Å². The quantitative estimate of drug-likeness (QED) is 0.804. The Morgan fingerprint density at radius 1 is 1.15 bits per heavy atom. The molecule has 0 fully saturated rings. The zero-order valence-electron chi connectivity index (χ0n) is 15.7. The number of Topliss-reactive ketones (excluding diaryl/α,β-unsaturated/α-hetero) is 1. The first-order valence-corrected chi connectivity index (χ1v) is 9.30. The van der Waals surface area contributed by atoms with Gasteiger partial charge in [-0.3, -0.25) is 9.59 Å². The van der Waals surface area contributed by atoms with Crippen molar-refractivity contribution in [1.29, 1.82) is 0 Å². The van der Waals surface area contributed by atoms with Crippen molar-refractivity contribution in [2.75, 3.05) is 19.5 Å². The van der Waals surface area contributed by atoms with E-state index in [1.165, 1.54) is 14.2 Å². The molecule has 0 saturated carbocycles. The molecule has 1 amide bonds. The summed E-state index contributed by atoms with van der Waals surface area (Å²) < 4.78 is 10.1. The van der Waals surface area contributed by atoms with Gasteiger partial charge in [-0.15, -0.1) is 0 Å². The van der Waals surface area contributed by atoms with Crippen LogP contribution in [0.3, 0.4) is 0 Å². The number of nitrogens with one attached hydrogen (secondary N) is 1. The van der Waals surface area contributed by atoms with Crippen LogP contribution >= 0.6 is 11.3 Å². The first kappa shape index (κ1) is 19.1. The molecule has 1 N–H and O–H groups in total. The highest BCUT2D eigenvalue weighted by Gasteiger charge is 2.38. The van der Waals surface area contributed by atoms with Crippen molar-refractivity contribution in [2.24, 2.45) is 5.41 Å². The number of anilines is 1. The second-order valence-corrected chi connectivity index (χ2v) is 8.19. The number of fused-ring (bicyclic) bond motifs is 1. The molecule has 3 rings (SSSR count). The maximum absolute atomic E-state index is 13.0. The van der Waals surface area contributed by atoms with Gasteiger partial charge in [0.25, 0.3) is 5.91 Å². The van der Waals surface area contributed by atoms with E-state index in [4.69, 9.17) is 9.47 Å². The summed E-state index contributed by atoms with van der Waals surface area (Å²) in [6.45, 7) is 4.01. The molecule has 1 aliphatic carbocycles. The number of hydrogen-bond acceptors (Lipinski definition) is 6. The van der Waals surface area contributed by atoms with Crippen LogP contribution in [0.25, 0.3) is 0 Å². The normalized spacial score (nSPS) is 15.0. The van der Waals surface area contributed by atoms with Gasteiger partial charge >= 0.3 is 5.97 Å². The van der Waals surface area contributed by atoms with Crippen LogP contribution in [0, 0.1) is 5.41 Å². The first-order chi connectivity index (χ1) is 12.8. The van der Waals surface area contributed by atoms with E-state index < -0.39 is 5.97 Å². The molecule has 0 bridgehead atoms. The van der Waals surface area contributed by atoms with E-state index in [1.807, 2.05) is 13.8 Å². The summed E-state index contributed by atoms with van der Waals surface area (Å²) in [5.74, 6) is -0.919. The Morgan fingerprint density at radius 2 is 1.85 bits per heavy atom. The Morgan fingerprint density at radius 3 is 2.52 bits per heavy atom.